The van der Waals surface area contributed by atoms with E-state index < -0.39 is 124 Å². The Hall–Kier alpha value is -5.26. The Morgan fingerprint density at radius 1 is 0.667 bits per heavy atom. The largest absolute Gasteiger partial charge is 0.395 e. The zero-order valence-corrected chi connectivity index (χ0v) is 49.9. The highest BCUT2D eigenvalue weighted by molar-refractivity contribution is 6.00. The van der Waals surface area contributed by atoms with Gasteiger partial charge in [0.1, 0.15) is 52.6 Å². The number of carbonyl (C=O) groups excluding carboxylic acids is 10. The Morgan fingerprint density at radius 2 is 1.22 bits per heavy atom. The molecule has 9 amide bonds. The standard InChI is InChI=1S/C55H101N11O12/c1-17-19-20-21-23-39(56)49(75)66-25-22-24-41(66)46(72)59-40(29-34(7)28-38(69)30-37(68)18-2)45(71)58-36(9)44(70)62-53(10,11)51(77)61-42(32(3)4)47(73)60-43(33(5)6)48(74)63-55(14,15)52(78)64-54(12,13)50(76)57-35(8)31-65(16)26-27-67/h32-36,38-43,67,69H,17-31,56H2,1-16H3,(H,57,76)(H,58,71)(H,59,72)(H,60,73)(H,61,77)(H,62,70)(H,63,74)(H,64,78)/t34?,35?,36-,38?,39-,40-,41-,42-,43-/m0/s1. The van der Waals surface area contributed by atoms with E-state index in [4.69, 9.17) is 5.73 Å². The average Bonchev–Trinajstić information content (AvgIpc) is 3.82. The molecule has 23 nitrogen and oxygen atoms in total. The molecule has 1 saturated heterocycles. The number of aliphatic hydroxyl groups is 2. The molecule has 1 aliphatic heterocycles. The lowest BCUT2D eigenvalue weighted by Crippen LogP contribution is -2.66. The lowest BCUT2D eigenvalue weighted by atomic mass is 9.92. The maximum Gasteiger partial charge on any atom is 0.246 e. The first kappa shape index (κ1) is 70.8. The third kappa shape index (κ3) is 23.6. The Balaban J connectivity index is 3.19. The highest BCUT2D eigenvalue weighted by atomic mass is 16.3. The van der Waals surface area contributed by atoms with Crippen LogP contribution in [0.25, 0.3) is 0 Å². The van der Waals surface area contributed by atoms with Crippen LogP contribution in [0.4, 0.5) is 0 Å². The second-order valence-electron chi connectivity index (χ2n) is 23.9. The number of hydrogen-bond acceptors (Lipinski definition) is 14. The number of unbranched alkanes of at least 4 members (excludes halogenated alkanes) is 3. The Labute approximate surface area is 464 Å². The van der Waals surface area contributed by atoms with Crippen LogP contribution in [-0.4, -0.2) is 177 Å². The molecule has 1 fully saturated rings. The van der Waals surface area contributed by atoms with Crippen LogP contribution in [0.5, 0.6) is 0 Å². The Kier molecular flexibility index (Phi) is 29.7. The van der Waals surface area contributed by atoms with Crippen molar-refractivity contribution in [3.05, 3.63) is 0 Å². The van der Waals surface area contributed by atoms with Gasteiger partial charge in [-0.25, -0.2) is 0 Å². The first-order chi connectivity index (χ1) is 36.0. The number of hydrogen-bond donors (Lipinski definition) is 11. The summed E-state index contributed by atoms with van der Waals surface area (Å²) in [7, 11) is 1.80. The van der Waals surface area contributed by atoms with Crippen molar-refractivity contribution in [3.8, 4) is 0 Å². The highest BCUT2D eigenvalue weighted by Crippen LogP contribution is 2.22. The molecule has 0 aromatic heterocycles. The van der Waals surface area contributed by atoms with Gasteiger partial charge >= 0.3 is 0 Å². The van der Waals surface area contributed by atoms with Crippen LogP contribution in [0.3, 0.4) is 0 Å². The van der Waals surface area contributed by atoms with Crippen LogP contribution in [0.15, 0.2) is 0 Å². The molecular weight excluding hydrogens is 1010 g/mol. The molecule has 0 spiro atoms. The van der Waals surface area contributed by atoms with Crippen LogP contribution >= 0.6 is 0 Å². The summed E-state index contributed by atoms with van der Waals surface area (Å²) in [4.78, 5) is 139. The normalized spacial score (nSPS) is 17.2. The second-order valence-corrected chi connectivity index (χ2v) is 23.9. The van der Waals surface area contributed by atoms with Gasteiger partial charge in [-0.15, -0.1) is 0 Å². The lowest BCUT2D eigenvalue weighted by Gasteiger charge is -2.35. The maximum absolute atomic E-state index is 14.1. The van der Waals surface area contributed by atoms with Gasteiger partial charge in [0, 0.05) is 38.5 Å². The molecule has 1 aliphatic rings. The van der Waals surface area contributed by atoms with Crippen LogP contribution in [0, 0.1) is 17.8 Å². The fourth-order valence-corrected chi connectivity index (χ4v) is 8.99. The quantitative estimate of drug-likeness (QED) is 0.0392. The van der Waals surface area contributed by atoms with Crippen molar-refractivity contribution in [2.24, 2.45) is 23.5 Å². The van der Waals surface area contributed by atoms with Crippen LogP contribution in [0.2, 0.25) is 0 Å². The number of nitrogens with zero attached hydrogens (tertiary/aromatic N) is 2. The molecule has 3 unspecified atom stereocenters. The lowest BCUT2D eigenvalue weighted by molar-refractivity contribution is -0.141. The van der Waals surface area contributed by atoms with E-state index >= 15 is 0 Å². The number of nitrogens with one attached hydrogen (secondary N) is 8. The number of Topliss-reactive ketones (excluding diaryl/α,β-unsaturated/α-hetero) is 1. The first-order valence-electron chi connectivity index (χ1n) is 28.1. The number of ketones is 1. The van der Waals surface area contributed by atoms with E-state index in [9.17, 15) is 58.2 Å². The number of likely N-dealkylation sites (N-methyl/N-ethyl adjacent to an activating group) is 1. The monoisotopic (exact) mass is 1110 g/mol. The number of nitrogens with two attached hydrogens (primary N) is 1. The van der Waals surface area contributed by atoms with Gasteiger partial charge in [-0.1, -0.05) is 74.1 Å². The number of rotatable bonds is 35. The van der Waals surface area contributed by atoms with E-state index in [2.05, 4.69) is 49.5 Å². The zero-order chi connectivity index (χ0) is 60.0. The molecule has 23 heteroatoms. The second kappa shape index (κ2) is 32.7. The topological polar surface area (TPSA) is 340 Å². The zero-order valence-electron chi connectivity index (χ0n) is 49.9. The van der Waals surface area contributed by atoms with Crippen molar-refractivity contribution in [1.29, 1.82) is 0 Å². The number of amides is 9. The Morgan fingerprint density at radius 3 is 1.78 bits per heavy atom. The van der Waals surface area contributed by atoms with Crippen molar-refractivity contribution in [2.75, 3.05) is 33.3 Å². The van der Waals surface area contributed by atoms with Crippen molar-refractivity contribution in [1.82, 2.24) is 52.3 Å². The number of likely N-dealkylation sites (tertiary alicyclic amines) is 1. The van der Waals surface area contributed by atoms with Gasteiger partial charge in [-0.2, -0.15) is 0 Å². The first-order valence-corrected chi connectivity index (χ1v) is 28.1. The van der Waals surface area contributed by atoms with Crippen molar-refractivity contribution in [3.63, 3.8) is 0 Å². The van der Waals surface area contributed by atoms with E-state index in [0.29, 0.717) is 38.9 Å². The summed E-state index contributed by atoms with van der Waals surface area (Å²) in [5.41, 5.74) is 1.64. The van der Waals surface area contributed by atoms with Gasteiger partial charge in [0.2, 0.25) is 53.2 Å². The van der Waals surface area contributed by atoms with Crippen molar-refractivity contribution >= 4 is 58.9 Å². The molecule has 448 valence electrons. The van der Waals surface area contributed by atoms with Gasteiger partial charge in [-0.05, 0) is 112 Å². The molecule has 0 saturated carbocycles. The minimum atomic E-state index is -1.68. The molecule has 0 aromatic rings. The van der Waals surface area contributed by atoms with E-state index in [-0.39, 0.29) is 50.0 Å². The van der Waals surface area contributed by atoms with E-state index in [1.165, 1.54) is 53.4 Å². The predicted octanol–water partition coefficient (Wildman–Crippen LogP) is 0.806. The summed E-state index contributed by atoms with van der Waals surface area (Å²) >= 11 is 0. The third-order valence-electron chi connectivity index (χ3n) is 14.0. The summed E-state index contributed by atoms with van der Waals surface area (Å²) in [6, 6.07) is -6.92. The van der Waals surface area contributed by atoms with E-state index in [0.717, 1.165) is 25.7 Å². The summed E-state index contributed by atoms with van der Waals surface area (Å²) in [5, 5.41) is 41.5. The summed E-state index contributed by atoms with van der Waals surface area (Å²) < 4.78 is 0. The minimum absolute atomic E-state index is 0.00437. The van der Waals surface area contributed by atoms with Crippen LogP contribution < -0.4 is 48.3 Å². The third-order valence-corrected chi connectivity index (χ3v) is 14.0. The molecule has 78 heavy (non-hydrogen) atoms. The molecule has 0 radical (unpaired) electrons. The summed E-state index contributed by atoms with van der Waals surface area (Å²) in [6.07, 6.45) is 4.44. The fraction of sp³-hybridized carbons (Fsp3) is 0.818. The Bertz CT molecular complexity index is 2030. The SMILES string of the molecule is CCCCCC[C@H](N)C(=O)N1CCC[C@H]1C(=O)N[C@@H](CC(C)CC(O)CC(=O)CC)C(=O)N[C@@H](C)C(=O)NC(C)(C)C(=O)N[C@H](C(=O)N[C@H](C(=O)NC(C)(C)C(=O)NC(C)(C)C(=O)NC(C)CN(C)CCO)C(C)C)C(C)C. The van der Waals surface area contributed by atoms with Crippen LogP contribution in [-0.2, 0) is 47.9 Å². The predicted molar refractivity (Wildman–Crippen MR) is 298 cm³/mol. The highest BCUT2D eigenvalue weighted by Gasteiger charge is 2.42. The van der Waals surface area contributed by atoms with Gasteiger partial charge < -0.3 is 68.3 Å². The molecule has 0 aliphatic carbocycles. The van der Waals surface area contributed by atoms with Gasteiger partial charge in [-0.3, -0.25) is 47.9 Å². The molecule has 9 atom stereocenters. The van der Waals surface area contributed by atoms with Gasteiger partial charge in [0.25, 0.3) is 0 Å². The molecular formula is C55H101N11O12. The molecule has 12 N–H and O–H groups in total. The van der Waals surface area contributed by atoms with E-state index in [1.54, 1.807) is 55.5 Å². The van der Waals surface area contributed by atoms with Crippen molar-refractivity contribution < 1.29 is 58.2 Å². The van der Waals surface area contributed by atoms with Crippen LogP contribution in [0.1, 0.15) is 174 Å². The van der Waals surface area contributed by atoms with Gasteiger partial charge in [0.15, 0.2) is 0 Å². The average molecular weight is 1110 g/mol. The minimum Gasteiger partial charge on any atom is -0.395 e. The number of carbonyl (C=O) groups is 10. The fourth-order valence-electron chi connectivity index (χ4n) is 8.99. The molecule has 1 rings (SSSR count). The molecule has 0 bridgehead atoms. The van der Waals surface area contributed by atoms with Crippen molar-refractivity contribution in [2.45, 2.75) is 239 Å². The molecule has 0 aromatic carbocycles. The smallest absolute Gasteiger partial charge is 0.246 e. The maximum atomic E-state index is 14.1. The van der Waals surface area contributed by atoms with E-state index in [1.807, 2.05) is 4.90 Å². The van der Waals surface area contributed by atoms with Gasteiger partial charge in [0.05, 0.1) is 18.8 Å². The number of aliphatic hydroxyl groups excluding tert-OH is 2. The molecule has 1 heterocycles. The summed E-state index contributed by atoms with van der Waals surface area (Å²) in [5.74, 6) is -7.39. The summed E-state index contributed by atoms with van der Waals surface area (Å²) in [6.45, 7) is 25.3.